The Morgan fingerprint density at radius 2 is 1.80 bits per heavy atom. The van der Waals surface area contributed by atoms with E-state index in [2.05, 4.69) is 45.0 Å². The molecule has 0 aliphatic carbocycles. The van der Waals surface area contributed by atoms with Crippen molar-refractivity contribution >= 4 is 26.8 Å². The molecule has 0 amide bonds. The molecule has 0 spiro atoms. The van der Waals surface area contributed by atoms with E-state index in [-0.39, 0.29) is 17.5 Å². The largest absolute Gasteiger partial charge is 0.401 e. The first-order chi connectivity index (χ1) is 16.6. The van der Waals surface area contributed by atoms with Gasteiger partial charge in [0.15, 0.2) is 0 Å². The highest BCUT2D eigenvalue weighted by Crippen LogP contribution is 2.42. The van der Waals surface area contributed by atoms with Gasteiger partial charge in [-0.25, -0.2) is 4.39 Å². The van der Waals surface area contributed by atoms with Crippen LogP contribution in [-0.4, -0.2) is 38.8 Å². The van der Waals surface area contributed by atoms with Gasteiger partial charge in [0.1, 0.15) is 5.82 Å². The summed E-state index contributed by atoms with van der Waals surface area (Å²) in [6.07, 6.45) is 4.03. The van der Waals surface area contributed by atoms with Crippen molar-refractivity contribution in [3.05, 3.63) is 57.5 Å². The van der Waals surface area contributed by atoms with Crippen LogP contribution in [0.25, 0.3) is 10.9 Å². The van der Waals surface area contributed by atoms with E-state index in [1.807, 2.05) is 0 Å². The number of H-pyrrole nitrogens is 1. The van der Waals surface area contributed by atoms with Crippen LogP contribution >= 0.6 is 15.9 Å². The number of benzene rings is 1. The van der Waals surface area contributed by atoms with Crippen LogP contribution in [0.5, 0.6) is 0 Å². The maximum absolute atomic E-state index is 14.7. The first-order valence-corrected chi connectivity index (χ1v) is 12.6. The highest BCUT2D eigenvalue weighted by atomic mass is 79.9. The topological polar surface area (TPSA) is 44.8 Å². The van der Waals surface area contributed by atoms with Crippen LogP contribution in [0.1, 0.15) is 75.7 Å². The van der Waals surface area contributed by atoms with Crippen LogP contribution in [-0.2, 0) is 6.42 Å². The minimum absolute atomic E-state index is 0.136. The number of hydrogen-bond acceptors (Lipinski definition) is 3. The van der Waals surface area contributed by atoms with E-state index in [0.717, 1.165) is 11.0 Å². The van der Waals surface area contributed by atoms with E-state index < -0.39 is 36.6 Å². The van der Waals surface area contributed by atoms with E-state index in [9.17, 15) is 22.0 Å². The molecule has 3 heterocycles. The molecular weight excluding hydrogens is 531 g/mol. The van der Waals surface area contributed by atoms with Crippen molar-refractivity contribution in [1.82, 2.24) is 20.1 Å². The van der Waals surface area contributed by atoms with Gasteiger partial charge in [-0.1, -0.05) is 52.0 Å². The summed E-state index contributed by atoms with van der Waals surface area (Å²) < 4.78 is 69.2. The van der Waals surface area contributed by atoms with Gasteiger partial charge < -0.3 is 0 Å². The van der Waals surface area contributed by atoms with Gasteiger partial charge in [-0.3, -0.25) is 15.0 Å². The molecule has 2 aromatic heterocycles. The Kier molecular flexibility index (Phi) is 9.26. The second kappa shape index (κ2) is 11.8. The summed E-state index contributed by atoms with van der Waals surface area (Å²) >= 11 is 3.11. The van der Waals surface area contributed by atoms with E-state index in [0.29, 0.717) is 21.1 Å². The maximum Gasteiger partial charge on any atom is 0.401 e. The number of nitrogens with one attached hydrogen (secondary N) is 1. The molecule has 1 aromatic carbocycles. The summed E-state index contributed by atoms with van der Waals surface area (Å²) in [5, 5.41) is 6.35. The van der Waals surface area contributed by atoms with Gasteiger partial charge in [-0.15, -0.1) is 0 Å². The summed E-state index contributed by atoms with van der Waals surface area (Å²) in [6, 6.07) is 2.51. The molecule has 10 heteroatoms. The Morgan fingerprint density at radius 1 is 1.11 bits per heavy atom. The molecule has 1 aliphatic rings. The number of fused-ring (bicyclic) bond motifs is 3. The number of unbranched alkanes of at least 4 members (excludes halogenated alkanes) is 4. The number of halogens is 6. The van der Waals surface area contributed by atoms with Crippen molar-refractivity contribution < 1.29 is 22.0 Å². The summed E-state index contributed by atoms with van der Waals surface area (Å²) in [5.74, 6) is -1.40. The summed E-state index contributed by atoms with van der Waals surface area (Å²) in [4.78, 5) is 5.22. The van der Waals surface area contributed by atoms with Gasteiger partial charge in [0.2, 0.25) is 5.95 Å². The van der Waals surface area contributed by atoms with Gasteiger partial charge in [-0.05, 0) is 52.5 Å². The highest BCUT2D eigenvalue weighted by Gasteiger charge is 2.42. The van der Waals surface area contributed by atoms with E-state index in [1.165, 1.54) is 44.4 Å². The first-order valence-electron chi connectivity index (χ1n) is 11.9. The third kappa shape index (κ3) is 6.58. The second-order valence-corrected chi connectivity index (χ2v) is 9.81. The lowest BCUT2D eigenvalue weighted by Gasteiger charge is -2.42. The SMILES string of the molecule is CCCCCCC.C[C@@H]1Cc2c(ccc3n[nH]c(F)c23)[C@@H](c2ncc(Br)cc2F)N1CC(F)(F)F. The normalized spacial score (nSPS) is 18.3. The molecule has 0 bridgehead atoms. The second-order valence-electron chi connectivity index (χ2n) is 8.89. The maximum atomic E-state index is 14.7. The Labute approximate surface area is 210 Å². The Morgan fingerprint density at radius 3 is 2.40 bits per heavy atom. The van der Waals surface area contributed by atoms with Crippen LogP contribution in [0.2, 0.25) is 0 Å². The molecule has 192 valence electrons. The number of rotatable bonds is 6. The molecule has 0 saturated heterocycles. The molecule has 0 radical (unpaired) electrons. The summed E-state index contributed by atoms with van der Waals surface area (Å²) in [7, 11) is 0. The fourth-order valence-electron chi connectivity index (χ4n) is 4.54. The highest BCUT2D eigenvalue weighted by molar-refractivity contribution is 9.10. The fourth-order valence-corrected chi connectivity index (χ4v) is 4.84. The molecule has 0 fully saturated rings. The lowest BCUT2D eigenvalue weighted by atomic mass is 9.85. The summed E-state index contributed by atoms with van der Waals surface area (Å²) in [6.45, 7) is 4.86. The lowest BCUT2D eigenvalue weighted by molar-refractivity contribution is -0.155. The Balaban J connectivity index is 0.000000429. The van der Waals surface area contributed by atoms with Gasteiger partial charge in [0.25, 0.3) is 0 Å². The molecule has 2 atom stereocenters. The number of pyridine rings is 1. The Hall–Kier alpha value is -2.07. The standard InChI is InChI=1S/C18H14BrF5N4.C7H16/c1-8-4-11-10(2-3-13-14(11)17(21)27-26-13)16(28(8)7-18(22,23)24)15-12(20)5-9(19)6-25-15;1-3-5-7-6-4-2/h2-3,5-6,8,16H,4,7H2,1H3,(H,26,27);3-7H2,1-2H3/t8-,16+;/m1./s1. The average molecular weight is 561 g/mol. The predicted molar refractivity (Wildman–Crippen MR) is 130 cm³/mol. The number of nitrogens with zero attached hydrogens (tertiary/aromatic N) is 3. The van der Waals surface area contributed by atoms with Crippen molar-refractivity contribution in [1.29, 1.82) is 0 Å². The number of hydrogen-bond donors (Lipinski definition) is 1. The molecular formula is C25H30BrF5N4. The third-order valence-electron chi connectivity index (χ3n) is 6.18. The zero-order chi connectivity index (χ0) is 25.8. The smallest absolute Gasteiger partial charge is 0.279 e. The average Bonchev–Trinajstić information content (AvgIpc) is 3.16. The quantitative estimate of drug-likeness (QED) is 0.246. The zero-order valence-electron chi connectivity index (χ0n) is 20.0. The molecule has 0 saturated carbocycles. The first kappa shape index (κ1) is 27.5. The van der Waals surface area contributed by atoms with Crippen molar-refractivity contribution in [3.8, 4) is 0 Å². The van der Waals surface area contributed by atoms with Crippen LogP contribution in [0, 0.1) is 11.8 Å². The van der Waals surface area contributed by atoms with Crippen LogP contribution < -0.4 is 0 Å². The molecule has 1 N–H and O–H groups in total. The molecule has 1 aliphatic heterocycles. The third-order valence-corrected chi connectivity index (χ3v) is 6.61. The fraction of sp³-hybridized carbons (Fsp3) is 0.520. The van der Waals surface area contributed by atoms with Crippen LogP contribution in [0.3, 0.4) is 0 Å². The van der Waals surface area contributed by atoms with Crippen molar-refractivity contribution in [2.24, 2.45) is 0 Å². The van der Waals surface area contributed by atoms with E-state index >= 15 is 0 Å². The van der Waals surface area contributed by atoms with Gasteiger partial charge >= 0.3 is 6.18 Å². The molecule has 4 nitrogen and oxygen atoms in total. The van der Waals surface area contributed by atoms with Crippen LogP contribution in [0.15, 0.2) is 28.9 Å². The molecule has 4 rings (SSSR count). The molecule has 35 heavy (non-hydrogen) atoms. The minimum atomic E-state index is -4.49. The van der Waals surface area contributed by atoms with Crippen LogP contribution in [0.4, 0.5) is 22.0 Å². The van der Waals surface area contributed by atoms with Crippen molar-refractivity contribution in [2.75, 3.05) is 6.54 Å². The number of aromatic amines is 1. The monoisotopic (exact) mass is 560 g/mol. The van der Waals surface area contributed by atoms with Gasteiger partial charge in [-0.2, -0.15) is 22.7 Å². The lowest BCUT2D eigenvalue weighted by Crippen LogP contribution is -2.47. The predicted octanol–water partition coefficient (Wildman–Crippen LogP) is 7.87. The molecule has 0 unspecified atom stereocenters. The van der Waals surface area contributed by atoms with Crippen molar-refractivity contribution in [3.63, 3.8) is 0 Å². The number of alkyl halides is 3. The van der Waals surface area contributed by atoms with Gasteiger partial charge in [0, 0.05) is 16.7 Å². The zero-order valence-corrected chi connectivity index (χ0v) is 21.6. The summed E-state index contributed by atoms with van der Waals surface area (Å²) in [5.41, 5.74) is 1.15. The van der Waals surface area contributed by atoms with Crippen molar-refractivity contribution in [2.45, 2.75) is 77.6 Å². The van der Waals surface area contributed by atoms with E-state index in [4.69, 9.17) is 0 Å². The minimum Gasteiger partial charge on any atom is -0.279 e. The van der Waals surface area contributed by atoms with Gasteiger partial charge in [0.05, 0.1) is 29.2 Å². The number of aromatic nitrogens is 3. The van der Waals surface area contributed by atoms with E-state index in [1.54, 1.807) is 13.0 Å². The Bertz CT molecular complexity index is 1130. The molecule has 3 aromatic rings.